The number of hydrogen-bond donors (Lipinski definition) is 2. The van der Waals surface area contributed by atoms with Crippen molar-refractivity contribution in [2.45, 2.75) is 32.0 Å². The second-order valence-electron chi connectivity index (χ2n) is 7.55. The third-order valence-corrected chi connectivity index (χ3v) is 6.45. The van der Waals surface area contributed by atoms with E-state index in [1.807, 2.05) is 24.3 Å². The summed E-state index contributed by atoms with van der Waals surface area (Å²) in [5.41, 5.74) is 5.13. The van der Waals surface area contributed by atoms with E-state index in [1.54, 1.807) is 19.2 Å². The van der Waals surface area contributed by atoms with E-state index in [2.05, 4.69) is 52.4 Å². The van der Waals surface area contributed by atoms with Crippen LogP contribution < -0.4 is 10.1 Å². The number of phenols is 1. The lowest BCUT2D eigenvalue weighted by molar-refractivity contribution is 0.406. The maximum Gasteiger partial charge on any atom is 0.133 e. The molecule has 3 aromatic rings. The Bertz CT molecular complexity index is 1120. The van der Waals surface area contributed by atoms with Gasteiger partial charge < -0.3 is 9.84 Å². The van der Waals surface area contributed by atoms with Gasteiger partial charge in [-0.25, -0.2) is 0 Å². The topological polar surface area (TPSA) is 53.8 Å². The Morgan fingerprint density at radius 1 is 1.13 bits per heavy atom. The molecule has 31 heavy (non-hydrogen) atoms. The van der Waals surface area contributed by atoms with Crippen LogP contribution in [0.4, 0.5) is 0 Å². The molecule has 4 rings (SSSR count). The average Bonchev–Trinajstić information content (AvgIpc) is 2.80. The van der Waals surface area contributed by atoms with Crippen LogP contribution in [0.1, 0.15) is 47.8 Å². The maximum atomic E-state index is 10.5. The van der Waals surface area contributed by atoms with Gasteiger partial charge in [-0.15, -0.1) is 0 Å². The van der Waals surface area contributed by atoms with Gasteiger partial charge >= 0.3 is 0 Å². The minimum atomic E-state index is -0.278. The van der Waals surface area contributed by atoms with Crippen LogP contribution in [0.5, 0.6) is 11.5 Å². The fraction of sp³-hybridized carbons (Fsp3) is 0.240. The molecular weight excluding hydrogens is 476 g/mol. The number of aliphatic imine (C=N–C) groups is 1. The summed E-state index contributed by atoms with van der Waals surface area (Å²) in [4.78, 5) is 5.03. The molecule has 0 saturated heterocycles. The second-order valence-corrected chi connectivity index (χ2v) is 8.84. The Hall–Kier alpha value is -2.34. The molecule has 1 heterocycles. The summed E-state index contributed by atoms with van der Waals surface area (Å²) in [5, 5.41) is 14.7. The van der Waals surface area contributed by atoms with Crippen LogP contribution in [-0.2, 0) is 6.42 Å². The molecule has 0 unspecified atom stereocenters. The summed E-state index contributed by atoms with van der Waals surface area (Å²) in [6, 6.07) is 19.5. The minimum absolute atomic E-state index is 0.136. The largest absolute Gasteiger partial charge is 0.508 e. The smallest absolute Gasteiger partial charge is 0.133 e. The Kier molecular flexibility index (Phi) is 6.65. The second kappa shape index (κ2) is 9.43. The van der Waals surface area contributed by atoms with Crippen LogP contribution in [0.2, 0.25) is 5.02 Å². The standard InChI is InChI=1S/C25H24BrClN2O2/c1-3-15-4-6-16(7-5-15)21-14-22(19-13-18(27)9-10-23(19)30)29-25(28-21)17-8-11-24(31-2)20(26)12-17/h4-13,22,25,29-30H,3,14H2,1-2H3/t22-,25-/m0/s1. The Balaban J connectivity index is 1.76. The molecule has 160 valence electrons. The van der Waals surface area contributed by atoms with Gasteiger partial charge in [0.2, 0.25) is 0 Å². The average molecular weight is 500 g/mol. The molecule has 6 heteroatoms. The van der Waals surface area contributed by atoms with Crippen molar-refractivity contribution in [3.63, 3.8) is 0 Å². The van der Waals surface area contributed by atoms with Crippen LogP contribution in [0.3, 0.4) is 0 Å². The number of halogens is 2. The Labute approximate surface area is 196 Å². The quantitative estimate of drug-likeness (QED) is 0.416. The van der Waals surface area contributed by atoms with E-state index in [0.29, 0.717) is 11.4 Å². The molecule has 0 bridgehead atoms. The van der Waals surface area contributed by atoms with Crippen molar-refractivity contribution in [3.05, 3.63) is 92.4 Å². The highest BCUT2D eigenvalue weighted by Crippen LogP contribution is 2.37. The van der Waals surface area contributed by atoms with Gasteiger partial charge in [0.05, 0.1) is 11.6 Å². The number of nitrogens with one attached hydrogen (secondary N) is 1. The SMILES string of the molecule is CCc1ccc(C2=N[C@H](c3ccc(OC)c(Br)c3)N[C@H](c3cc(Cl)ccc3O)C2)cc1. The first-order valence-corrected chi connectivity index (χ1v) is 11.4. The Morgan fingerprint density at radius 3 is 2.58 bits per heavy atom. The molecule has 0 aromatic heterocycles. The van der Waals surface area contributed by atoms with Crippen LogP contribution in [-0.4, -0.2) is 17.9 Å². The zero-order valence-electron chi connectivity index (χ0n) is 17.4. The number of hydrogen-bond acceptors (Lipinski definition) is 4. The van der Waals surface area contributed by atoms with E-state index in [4.69, 9.17) is 21.3 Å². The minimum Gasteiger partial charge on any atom is -0.508 e. The van der Waals surface area contributed by atoms with Gasteiger partial charge in [-0.05, 0) is 69.4 Å². The lowest BCUT2D eigenvalue weighted by Gasteiger charge is -2.31. The number of nitrogens with zero attached hydrogens (tertiary/aromatic N) is 1. The molecule has 0 amide bonds. The molecule has 2 atom stereocenters. The number of aromatic hydroxyl groups is 1. The van der Waals surface area contributed by atoms with Crippen LogP contribution in [0.25, 0.3) is 0 Å². The van der Waals surface area contributed by atoms with E-state index < -0.39 is 0 Å². The fourth-order valence-electron chi connectivity index (χ4n) is 3.84. The number of rotatable bonds is 5. The lowest BCUT2D eigenvalue weighted by Crippen LogP contribution is -2.33. The van der Waals surface area contributed by atoms with Crippen molar-refractivity contribution in [2.24, 2.45) is 4.99 Å². The molecule has 3 aromatic carbocycles. The van der Waals surface area contributed by atoms with Gasteiger partial charge in [-0.2, -0.15) is 0 Å². The number of benzene rings is 3. The van der Waals surface area contributed by atoms with E-state index in [0.717, 1.165) is 39.0 Å². The molecule has 4 nitrogen and oxygen atoms in total. The van der Waals surface area contributed by atoms with Crippen molar-refractivity contribution in [3.8, 4) is 11.5 Å². The number of methoxy groups -OCH3 is 1. The molecule has 1 aliphatic rings. The summed E-state index contributed by atoms with van der Waals surface area (Å²) in [5.74, 6) is 0.988. The Morgan fingerprint density at radius 2 is 1.90 bits per heavy atom. The third-order valence-electron chi connectivity index (χ3n) is 5.59. The zero-order chi connectivity index (χ0) is 22.0. The molecule has 0 fully saturated rings. The number of ether oxygens (including phenoxy) is 1. The third kappa shape index (κ3) is 4.79. The molecule has 0 saturated carbocycles. The summed E-state index contributed by atoms with van der Waals surface area (Å²) in [6.45, 7) is 2.15. The van der Waals surface area contributed by atoms with Crippen LogP contribution in [0, 0.1) is 0 Å². The maximum absolute atomic E-state index is 10.5. The molecule has 0 spiro atoms. The predicted molar refractivity (Wildman–Crippen MR) is 129 cm³/mol. The highest BCUT2D eigenvalue weighted by Gasteiger charge is 2.28. The lowest BCUT2D eigenvalue weighted by atomic mass is 9.93. The molecule has 2 N–H and O–H groups in total. The first-order valence-electron chi connectivity index (χ1n) is 10.2. The fourth-order valence-corrected chi connectivity index (χ4v) is 4.58. The predicted octanol–water partition coefficient (Wildman–Crippen LogP) is 6.60. The van der Waals surface area contributed by atoms with Gasteiger partial charge in [-0.3, -0.25) is 10.3 Å². The first-order chi connectivity index (χ1) is 15.0. The van der Waals surface area contributed by atoms with Gasteiger partial charge in [0.25, 0.3) is 0 Å². The van der Waals surface area contributed by atoms with E-state index >= 15 is 0 Å². The van der Waals surface area contributed by atoms with Gasteiger partial charge in [0, 0.05) is 28.8 Å². The van der Waals surface area contributed by atoms with E-state index in [-0.39, 0.29) is 18.0 Å². The number of phenolic OH excluding ortho intramolecular Hbond substituents is 1. The number of aryl methyl sites for hydroxylation is 1. The van der Waals surface area contributed by atoms with Gasteiger partial charge in [0.1, 0.15) is 17.7 Å². The van der Waals surface area contributed by atoms with Crippen molar-refractivity contribution >= 4 is 33.2 Å². The first kappa shape index (κ1) is 21.9. The zero-order valence-corrected chi connectivity index (χ0v) is 19.7. The highest BCUT2D eigenvalue weighted by molar-refractivity contribution is 9.10. The van der Waals surface area contributed by atoms with E-state index in [9.17, 15) is 5.11 Å². The normalized spacial score (nSPS) is 18.5. The summed E-state index contributed by atoms with van der Waals surface area (Å²) in [7, 11) is 1.65. The molecule has 0 aliphatic carbocycles. The van der Waals surface area contributed by atoms with Crippen molar-refractivity contribution in [1.29, 1.82) is 0 Å². The monoisotopic (exact) mass is 498 g/mol. The van der Waals surface area contributed by atoms with Crippen LogP contribution >= 0.6 is 27.5 Å². The van der Waals surface area contributed by atoms with Gasteiger partial charge in [-0.1, -0.05) is 48.9 Å². The summed E-state index contributed by atoms with van der Waals surface area (Å²) >= 11 is 9.81. The molecule has 1 aliphatic heterocycles. The molecular formula is C25H24BrClN2O2. The highest BCUT2D eigenvalue weighted by atomic mass is 79.9. The summed E-state index contributed by atoms with van der Waals surface area (Å²) < 4.78 is 6.23. The van der Waals surface area contributed by atoms with E-state index in [1.165, 1.54) is 5.56 Å². The van der Waals surface area contributed by atoms with Crippen LogP contribution in [0.15, 0.2) is 70.1 Å². The molecule has 0 radical (unpaired) electrons. The van der Waals surface area contributed by atoms with Crippen molar-refractivity contribution in [2.75, 3.05) is 7.11 Å². The van der Waals surface area contributed by atoms with Gasteiger partial charge in [0.15, 0.2) is 0 Å². The van der Waals surface area contributed by atoms with Crippen molar-refractivity contribution in [1.82, 2.24) is 5.32 Å². The summed E-state index contributed by atoms with van der Waals surface area (Å²) in [6.07, 6.45) is 1.36. The van der Waals surface area contributed by atoms with Crippen molar-refractivity contribution < 1.29 is 9.84 Å².